The maximum Gasteiger partial charge on any atom is 0.217 e. The Bertz CT molecular complexity index is 395. The van der Waals surface area contributed by atoms with Crippen molar-refractivity contribution in [3.63, 3.8) is 0 Å². The predicted molar refractivity (Wildman–Crippen MR) is 65.8 cm³/mol. The third-order valence-corrected chi connectivity index (χ3v) is 2.95. The third kappa shape index (κ3) is 4.58. The van der Waals surface area contributed by atoms with Gasteiger partial charge in [-0.2, -0.15) is 0 Å². The van der Waals surface area contributed by atoms with Crippen molar-refractivity contribution in [2.45, 2.75) is 25.8 Å². The van der Waals surface area contributed by atoms with Crippen LogP contribution in [0.3, 0.4) is 0 Å². The fourth-order valence-corrected chi connectivity index (χ4v) is 1.62. The lowest BCUT2D eigenvalue weighted by atomic mass is 9.91. The van der Waals surface area contributed by atoms with E-state index in [4.69, 9.17) is 5.73 Å². The Balaban J connectivity index is 2.56. The number of hydrogen-bond acceptors (Lipinski definition) is 6. The Morgan fingerprint density at radius 3 is 2.47 bits per heavy atom. The number of nitrogens with zero attached hydrogens (tertiary/aromatic N) is 3. The summed E-state index contributed by atoms with van der Waals surface area (Å²) in [5, 5.41) is 35.4. The maximum atomic E-state index is 10.6. The zero-order valence-corrected chi connectivity index (χ0v) is 10.7. The van der Waals surface area contributed by atoms with Gasteiger partial charge in [-0.3, -0.25) is 9.48 Å². The molecule has 1 amide bonds. The number of carbonyl (C=O) groups is 1. The SMILES string of the molecule is NC(=O)CCCc1cn(CC(CO)(CO)CO)nn1. The van der Waals surface area contributed by atoms with Gasteiger partial charge >= 0.3 is 0 Å². The molecule has 108 valence electrons. The average Bonchev–Trinajstić information content (AvgIpc) is 2.83. The van der Waals surface area contributed by atoms with Crippen LogP contribution in [0, 0.1) is 5.41 Å². The summed E-state index contributed by atoms with van der Waals surface area (Å²) in [4.78, 5) is 10.6. The molecule has 0 radical (unpaired) electrons. The third-order valence-electron chi connectivity index (χ3n) is 2.95. The summed E-state index contributed by atoms with van der Waals surface area (Å²) in [5.41, 5.74) is 4.72. The van der Waals surface area contributed by atoms with Crippen molar-refractivity contribution in [2.24, 2.45) is 11.1 Å². The molecule has 8 heteroatoms. The minimum absolute atomic E-state index is 0.166. The summed E-state index contributed by atoms with van der Waals surface area (Å²) >= 11 is 0. The number of aliphatic hydroxyl groups excluding tert-OH is 3. The van der Waals surface area contributed by atoms with Gasteiger partial charge in [-0.1, -0.05) is 5.21 Å². The number of primary amides is 1. The molecule has 0 aromatic carbocycles. The topological polar surface area (TPSA) is 134 Å². The van der Waals surface area contributed by atoms with Gasteiger partial charge < -0.3 is 21.1 Å². The summed E-state index contributed by atoms with van der Waals surface area (Å²) in [7, 11) is 0. The molecule has 0 fully saturated rings. The quantitative estimate of drug-likeness (QED) is 0.412. The summed E-state index contributed by atoms with van der Waals surface area (Å²) in [6.07, 6.45) is 3.13. The highest BCUT2D eigenvalue weighted by atomic mass is 16.3. The summed E-state index contributed by atoms with van der Waals surface area (Å²) in [5.74, 6) is -0.354. The van der Waals surface area contributed by atoms with Gasteiger partial charge in [-0.05, 0) is 12.8 Å². The zero-order valence-electron chi connectivity index (χ0n) is 10.7. The molecular weight excluding hydrogens is 252 g/mol. The number of amides is 1. The number of aryl methyl sites for hydroxylation is 1. The maximum absolute atomic E-state index is 10.6. The van der Waals surface area contributed by atoms with Gasteiger partial charge in [0, 0.05) is 12.6 Å². The second kappa shape index (κ2) is 7.17. The molecule has 1 heterocycles. The van der Waals surface area contributed by atoms with E-state index in [1.807, 2.05) is 0 Å². The average molecular weight is 272 g/mol. The Hall–Kier alpha value is -1.51. The first kappa shape index (κ1) is 15.5. The number of nitrogens with two attached hydrogens (primary N) is 1. The van der Waals surface area contributed by atoms with Crippen molar-refractivity contribution in [2.75, 3.05) is 19.8 Å². The Morgan fingerprint density at radius 2 is 1.95 bits per heavy atom. The van der Waals surface area contributed by atoms with E-state index in [1.165, 1.54) is 4.68 Å². The molecule has 0 bridgehead atoms. The van der Waals surface area contributed by atoms with Crippen molar-refractivity contribution in [1.82, 2.24) is 15.0 Å². The number of carbonyl (C=O) groups excluding carboxylic acids is 1. The van der Waals surface area contributed by atoms with E-state index >= 15 is 0 Å². The Kier molecular flexibility index (Phi) is 5.87. The number of rotatable bonds is 9. The first-order valence-corrected chi connectivity index (χ1v) is 6.05. The normalized spacial score (nSPS) is 11.7. The smallest absolute Gasteiger partial charge is 0.217 e. The van der Waals surface area contributed by atoms with Gasteiger partial charge in [0.2, 0.25) is 5.91 Å². The number of aromatic nitrogens is 3. The minimum Gasteiger partial charge on any atom is -0.396 e. The largest absolute Gasteiger partial charge is 0.396 e. The molecule has 19 heavy (non-hydrogen) atoms. The first-order chi connectivity index (χ1) is 9.05. The van der Waals surface area contributed by atoms with Crippen LogP contribution in [-0.2, 0) is 17.8 Å². The molecule has 1 rings (SSSR count). The van der Waals surface area contributed by atoms with E-state index in [2.05, 4.69) is 10.3 Å². The molecule has 0 aliphatic carbocycles. The lowest BCUT2D eigenvalue weighted by molar-refractivity contribution is -0.118. The van der Waals surface area contributed by atoms with E-state index in [9.17, 15) is 20.1 Å². The van der Waals surface area contributed by atoms with Crippen LogP contribution in [0.2, 0.25) is 0 Å². The van der Waals surface area contributed by atoms with Gasteiger partial charge in [-0.25, -0.2) is 0 Å². The van der Waals surface area contributed by atoms with Crippen LogP contribution in [0.5, 0.6) is 0 Å². The van der Waals surface area contributed by atoms with Gasteiger partial charge in [0.1, 0.15) is 0 Å². The molecule has 0 aliphatic rings. The molecule has 0 atom stereocenters. The molecule has 0 saturated carbocycles. The van der Waals surface area contributed by atoms with Crippen LogP contribution in [0.25, 0.3) is 0 Å². The van der Waals surface area contributed by atoms with Gasteiger partial charge in [0.05, 0.1) is 37.5 Å². The van der Waals surface area contributed by atoms with Crippen molar-refractivity contribution in [1.29, 1.82) is 0 Å². The second-order valence-electron chi connectivity index (χ2n) is 4.70. The number of aliphatic hydroxyl groups is 3. The van der Waals surface area contributed by atoms with Crippen LogP contribution in [0.1, 0.15) is 18.5 Å². The lowest BCUT2D eigenvalue weighted by Gasteiger charge is -2.26. The predicted octanol–water partition coefficient (Wildman–Crippen LogP) is -1.95. The van der Waals surface area contributed by atoms with Gasteiger partial charge in [-0.15, -0.1) is 5.10 Å². The van der Waals surface area contributed by atoms with Crippen LogP contribution in [0.15, 0.2) is 6.20 Å². The molecule has 0 unspecified atom stereocenters. The minimum atomic E-state index is -1.02. The highest BCUT2D eigenvalue weighted by Gasteiger charge is 2.29. The van der Waals surface area contributed by atoms with Crippen LogP contribution >= 0.6 is 0 Å². The highest BCUT2D eigenvalue weighted by molar-refractivity contribution is 5.73. The van der Waals surface area contributed by atoms with Crippen molar-refractivity contribution in [3.05, 3.63) is 11.9 Å². The molecule has 0 saturated heterocycles. The van der Waals surface area contributed by atoms with Gasteiger partial charge in [0.15, 0.2) is 0 Å². The van der Waals surface area contributed by atoms with Gasteiger partial charge in [0.25, 0.3) is 0 Å². The first-order valence-electron chi connectivity index (χ1n) is 6.05. The molecule has 1 aromatic rings. The van der Waals surface area contributed by atoms with Crippen molar-refractivity contribution < 1.29 is 20.1 Å². The van der Waals surface area contributed by atoms with E-state index in [0.717, 1.165) is 0 Å². The van der Waals surface area contributed by atoms with Crippen molar-refractivity contribution >= 4 is 5.91 Å². The standard InChI is InChI=1S/C11H20N4O4/c12-10(19)3-1-2-9-4-15(14-13-9)5-11(6-16,7-17)8-18/h4,16-18H,1-3,5-8H2,(H2,12,19). The van der Waals surface area contributed by atoms with Crippen LogP contribution in [-0.4, -0.2) is 56.0 Å². The molecule has 5 N–H and O–H groups in total. The molecule has 1 aromatic heterocycles. The Morgan fingerprint density at radius 1 is 1.32 bits per heavy atom. The zero-order chi connectivity index (χ0) is 14.3. The van der Waals surface area contributed by atoms with E-state index in [1.54, 1.807) is 6.20 Å². The molecule has 0 spiro atoms. The van der Waals surface area contributed by atoms with Crippen molar-refractivity contribution in [3.8, 4) is 0 Å². The fourth-order valence-electron chi connectivity index (χ4n) is 1.62. The van der Waals surface area contributed by atoms with E-state index in [0.29, 0.717) is 25.0 Å². The van der Waals surface area contributed by atoms with Crippen LogP contribution in [0.4, 0.5) is 0 Å². The van der Waals surface area contributed by atoms with Crippen LogP contribution < -0.4 is 5.73 Å². The fraction of sp³-hybridized carbons (Fsp3) is 0.727. The van der Waals surface area contributed by atoms with E-state index < -0.39 is 5.41 Å². The number of hydrogen-bond donors (Lipinski definition) is 4. The Labute approximate surface area is 110 Å². The van der Waals surface area contributed by atoms with E-state index in [-0.39, 0.29) is 32.3 Å². The monoisotopic (exact) mass is 272 g/mol. The second-order valence-corrected chi connectivity index (χ2v) is 4.70. The highest BCUT2D eigenvalue weighted by Crippen LogP contribution is 2.17. The molecular formula is C11H20N4O4. The summed E-state index contributed by atoms with van der Waals surface area (Å²) in [6, 6.07) is 0. The summed E-state index contributed by atoms with van der Waals surface area (Å²) < 4.78 is 1.46. The summed E-state index contributed by atoms with van der Waals surface area (Å²) in [6.45, 7) is -0.885. The molecule has 0 aliphatic heterocycles. The lowest BCUT2D eigenvalue weighted by Crippen LogP contribution is -2.38. The molecule has 8 nitrogen and oxygen atoms in total.